The summed E-state index contributed by atoms with van der Waals surface area (Å²) in [5.74, 6) is 0.921. The van der Waals surface area contributed by atoms with Gasteiger partial charge in [0.25, 0.3) is 0 Å². The summed E-state index contributed by atoms with van der Waals surface area (Å²) in [4.78, 5) is 0. The summed E-state index contributed by atoms with van der Waals surface area (Å²) in [5, 5.41) is 3.50. The Balaban J connectivity index is 1.94. The Bertz CT molecular complexity index is 238. The third-order valence-electron chi connectivity index (χ3n) is 2.50. The Hall–Kier alpha value is -0.980. The summed E-state index contributed by atoms with van der Waals surface area (Å²) in [6.07, 6.45) is 2.81. The van der Waals surface area contributed by atoms with Gasteiger partial charge in [0.05, 0.1) is 0 Å². The number of hydrogen-bond acceptors (Lipinski definition) is 1. The monoisotopic (exact) mass is 161 g/mol. The summed E-state index contributed by atoms with van der Waals surface area (Å²) in [6.45, 7) is 2.27. The molecule has 0 aromatic heterocycles. The molecule has 1 nitrogen and oxygen atoms in total. The number of hydrogen-bond donors (Lipinski definition) is 1. The summed E-state index contributed by atoms with van der Waals surface area (Å²) in [5.41, 5.74) is 1.25. The van der Waals surface area contributed by atoms with Crippen LogP contribution in [0.25, 0.3) is 0 Å². The van der Waals surface area contributed by atoms with Gasteiger partial charge in [-0.25, -0.2) is 0 Å². The average Bonchev–Trinajstić information content (AvgIpc) is 2.88. The molecule has 1 aliphatic rings. The Labute approximate surface area is 73.8 Å². The molecular weight excluding hydrogens is 146 g/mol. The Morgan fingerprint density at radius 1 is 1.25 bits per heavy atom. The molecule has 0 radical (unpaired) electrons. The van der Waals surface area contributed by atoms with Gasteiger partial charge in [0.1, 0.15) is 0 Å². The van der Waals surface area contributed by atoms with Gasteiger partial charge in [-0.05, 0) is 37.8 Å². The van der Waals surface area contributed by atoms with E-state index >= 15 is 0 Å². The fourth-order valence-corrected chi connectivity index (χ4v) is 1.51. The van der Waals surface area contributed by atoms with Crippen molar-refractivity contribution in [3.63, 3.8) is 0 Å². The smallest absolute Gasteiger partial charge is 0.0342 e. The van der Waals surface area contributed by atoms with E-state index in [2.05, 4.69) is 36.5 Å². The summed E-state index contributed by atoms with van der Waals surface area (Å²) < 4.78 is 0. The molecule has 1 atom stereocenters. The van der Waals surface area contributed by atoms with Crippen molar-refractivity contribution in [3.05, 3.63) is 30.3 Å². The summed E-state index contributed by atoms with van der Waals surface area (Å²) >= 11 is 0. The molecule has 1 aromatic rings. The molecule has 0 bridgehead atoms. The molecule has 12 heavy (non-hydrogen) atoms. The molecule has 0 amide bonds. The van der Waals surface area contributed by atoms with Crippen LogP contribution in [0.3, 0.4) is 0 Å². The molecule has 0 aliphatic heterocycles. The van der Waals surface area contributed by atoms with Gasteiger partial charge < -0.3 is 5.32 Å². The molecule has 1 fully saturated rings. The molecule has 1 saturated carbocycles. The molecule has 1 heteroatoms. The zero-order valence-corrected chi connectivity index (χ0v) is 7.46. The molecule has 1 aromatic carbocycles. The van der Waals surface area contributed by atoms with Gasteiger partial charge >= 0.3 is 0 Å². The minimum absolute atomic E-state index is 0.646. The van der Waals surface area contributed by atoms with Gasteiger partial charge in [0.15, 0.2) is 0 Å². The molecule has 2 rings (SSSR count). The largest absolute Gasteiger partial charge is 0.382 e. The van der Waals surface area contributed by atoms with Crippen LogP contribution in [0.15, 0.2) is 30.3 Å². The molecule has 0 unspecified atom stereocenters. The number of para-hydroxylation sites is 1. The van der Waals surface area contributed by atoms with Gasteiger partial charge in [-0.3, -0.25) is 0 Å². The van der Waals surface area contributed by atoms with Crippen LogP contribution in [0.5, 0.6) is 0 Å². The van der Waals surface area contributed by atoms with Crippen molar-refractivity contribution in [2.45, 2.75) is 25.8 Å². The van der Waals surface area contributed by atoms with Gasteiger partial charge in [-0.1, -0.05) is 18.2 Å². The number of rotatable bonds is 3. The fraction of sp³-hybridized carbons (Fsp3) is 0.455. The highest BCUT2D eigenvalue weighted by Crippen LogP contribution is 2.33. The van der Waals surface area contributed by atoms with E-state index in [1.165, 1.54) is 18.5 Å². The third-order valence-corrected chi connectivity index (χ3v) is 2.50. The fourth-order valence-electron chi connectivity index (χ4n) is 1.51. The van der Waals surface area contributed by atoms with Crippen molar-refractivity contribution in [3.8, 4) is 0 Å². The van der Waals surface area contributed by atoms with E-state index < -0.39 is 0 Å². The molecule has 0 spiro atoms. The van der Waals surface area contributed by atoms with Crippen molar-refractivity contribution in [1.82, 2.24) is 0 Å². The molecule has 64 valence electrons. The highest BCUT2D eigenvalue weighted by Gasteiger charge is 2.27. The predicted molar refractivity (Wildman–Crippen MR) is 52.3 cm³/mol. The summed E-state index contributed by atoms with van der Waals surface area (Å²) in [6, 6.07) is 11.1. The lowest BCUT2D eigenvalue weighted by Crippen LogP contribution is -2.16. The second-order valence-electron chi connectivity index (χ2n) is 3.64. The van der Waals surface area contributed by atoms with E-state index in [0.29, 0.717) is 6.04 Å². The zero-order chi connectivity index (χ0) is 8.39. The number of benzene rings is 1. The maximum Gasteiger partial charge on any atom is 0.0342 e. The maximum atomic E-state index is 3.50. The number of nitrogens with one attached hydrogen (secondary N) is 1. The Kier molecular flexibility index (Phi) is 2.03. The zero-order valence-electron chi connectivity index (χ0n) is 7.46. The molecule has 1 aliphatic carbocycles. The lowest BCUT2D eigenvalue weighted by molar-refractivity contribution is 0.694. The van der Waals surface area contributed by atoms with Crippen LogP contribution in [0.2, 0.25) is 0 Å². The topological polar surface area (TPSA) is 12.0 Å². The second kappa shape index (κ2) is 3.18. The van der Waals surface area contributed by atoms with E-state index in [1.807, 2.05) is 6.07 Å². The van der Waals surface area contributed by atoms with Crippen LogP contribution in [0.1, 0.15) is 19.8 Å². The van der Waals surface area contributed by atoms with Crippen LogP contribution in [0, 0.1) is 5.92 Å². The molecule has 1 N–H and O–H groups in total. The first-order chi connectivity index (χ1) is 5.86. The van der Waals surface area contributed by atoms with E-state index in [-0.39, 0.29) is 0 Å². The average molecular weight is 161 g/mol. The molecular formula is C11H15N. The quantitative estimate of drug-likeness (QED) is 0.718. The highest BCUT2D eigenvalue weighted by molar-refractivity contribution is 5.43. The van der Waals surface area contributed by atoms with Crippen molar-refractivity contribution in [2.24, 2.45) is 5.92 Å². The molecule has 0 heterocycles. The van der Waals surface area contributed by atoms with Gasteiger partial charge in [-0.15, -0.1) is 0 Å². The minimum Gasteiger partial charge on any atom is -0.382 e. The van der Waals surface area contributed by atoms with E-state index in [0.717, 1.165) is 5.92 Å². The maximum absolute atomic E-state index is 3.50. The first kappa shape index (κ1) is 7.66. The SMILES string of the molecule is C[C@@H](Nc1ccccc1)C1CC1. The van der Waals surface area contributed by atoms with Crippen molar-refractivity contribution in [1.29, 1.82) is 0 Å². The standard InChI is InChI=1S/C11H15N/c1-9(10-7-8-10)12-11-5-3-2-4-6-11/h2-6,9-10,12H,7-8H2,1H3/t9-/m1/s1. The molecule has 0 saturated heterocycles. The Morgan fingerprint density at radius 3 is 2.50 bits per heavy atom. The van der Waals surface area contributed by atoms with Crippen LogP contribution < -0.4 is 5.32 Å². The second-order valence-corrected chi connectivity index (χ2v) is 3.64. The van der Waals surface area contributed by atoms with Crippen molar-refractivity contribution < 1.29 is 0 Å². The van der Waals surface area contributed by atoms with Crippen LogP contribution >= 0.6 is 0 Å². The van der Waals surface area contributed by atoms with Crippen LogP contribution in [-0.4, -0.2) is 6.04 Å². The normalized spacial score (nSPS) is 18.8. The van der Waals surface area contributed by atoms with Crippen molar-refractivity contribution in [2.75, 3.05) is 5.32 Å². The Morgan fingerprint density at radius 2 is 1.92 bits per heavy atom. The van der Waals surface area contributed by atoms with E-state index in [9.17, 15) is 0 Å². The van der Waals surface area contributed by atoms with E-state index in [1.54, 1.807) is 0 Å². The van der Waals surface area contributed by atoms with Gasteiger partial charge in [0, 0.05) is 11.7 Å². The van der Waals surface area contributed by atoms with Crippen LogP contribution in [0.4, 0.5) is 5.69 Å². The number of anilines is 1. The highest BCUT2D eigenvalue weighted by atomic mass is 14.9. The van der Waals surface area contributed by atoms with Gasteiger partial charge in [0.2, 0.25) is 0 Å². The first-order valence-electron chi connectivity index (χ1n) is 4.68. The predicted octanol–water partition coefficient (Wildman–Crippen LogP) is 2.90. The lowest BCUT2D eigenvalue weighted by Gasteiger charge is -2.13. The van der Waals surface area contributed by atoms with E-state index in [4.69, 9.17) is 0 Å². The first-order valence-corrected chi connectivity index (χ1v) is 4.68. The lowest BCUT2D eigenvalue weighted by atomic mass is 10.2. The van der Waals surface area contributed by atoms with Gasteiger partial charge in [-0.2, -0.15) is 0 Å². The van der Waals surface area contributed by atoms with Crippen LogP contribution in [-0.2, 0) is 0 Å². The minimum atomic E-state index is 0.646. The third kappa shape index (κ3) is 1.79. The summed E-state index contributed by atoms with van der Waals surface area (Å²) in [7, 11) is 0. The van der Waals surface area contributed by atoms with Crippen molar-refractivity contribution >= 4 is 5.69 Å².